The second-order valence-corrected chi connectivity index (χ2v) is 3.80. The first-order chi connectivity index (χ1) is 6.64. The Bertz CT molecular complexity index is 395. The summed E-state index contributed by atoms with van der Waals surface area (Å²) in [5, 5.41) is 3.20. The second-order valence-electron chi connectivity index (χ2n) is 3.80. The van der Waals surface area contributed by atoms with Gasteiger partial charge in [-0.15, -0.1) is 0 Å². The number of nitrogens with zero attached hydrogens (tertiary/aromatic N) is 1. The van der Waals surface area contributed by atoms with E-state index in [0.717, 1.165) is 12.8 Å². The van der Waals surface area contributed by atoms with Gasteiger partial charge in [-0.2, -0.15) is 0 Å². The Morgan fingerprint density at radius 2 is 2.36 bits per heavy atom. The van der Waals surface area contributed by atoms with Gasteiger partial charge in [-0.25, -0.2) is 4.98 Å². The van der Waals surface area contributed by atoms with E-state index in [0.29, 0.717) is 5.82 Å². The Kier molecular flexibility index (Phi) is 1.94. The number of aromatic nitrogens is 2. The molecule has 0 spiro atoms. The molecular formula is C9H13N3O2. The molecule has 0 aromatic carbocycles. The monoisotopic (exact) mass is 195 g/mol. The number of aromatic amines is 1. The summed E-state index contributed by atoms with van der Waals surface area (Å²) in [6.07, 6.45) is 3.58. The highest BCUT2D eigenvalue weighted by Gasteiger charge is 2.38. The lowest BCUT2D eigenvalue weighted by Crippen LogP contribution is -2.21. The van der Waals surface area contributed by atoms with E-state index in [4.69, 9.17) is 4.74 Å². The van der Waals surface area contributed by atoms with Gasteiger partial charge in [0.25, 0.3) is 5.56 Å². The van der Waals surface area contributed by atoms with Crippen LogP contribution in [0.5, 0.6) is 5.75 Å². The van der Waals surface area contributed by atoms with E-state index >= 15 is 0 Å². The molecule has 1 aliphatic rings. The predicted molar refractivity (Wildman–Crippen MR) is 52.7 cm³/mol. The fourth-order valence-electron chi connectivity index (χ4n) is 1.26. The molecule has 5 heteroatoms. The molecule has 0 radical (unpaired) electrons. The highest BCUT2D eigenvalue weighted by Crippen LogP contribution is 2.38. The minimum absolute atomic E-state index is 0.0913. The van der Waals surface area contributed by atoms with Gasteiger partial charge < -0.3 is 15.0 Å². The molecule has 0 unspecified atom stereocenters. The third-order valence-corrected chi connectivity index (χ3v) is 2.43. The largest absolute Gasteiger partial charge is 0.489 e. The van der Waals surface area contributed by atoms with Crippen molar-refractivity contribution in [3.8, 4) is 5.75 Å². The van der Waals surface area contributed by atoms with Crippen molar-refractivity contribution in [2.45, 2.75) is 25.3 Å². The third kappa shape index (κ3) is 1.57. The number of rotatable bonds is 3. The summed E-state index contributed by atoms with van der Waals surface area (Å²) >= 11 is 0. The highest BCUT2D eigenvalue weighted by atomic mass is 16.5. The van der Waals surface area contributed by atoms with Crippen molar-refractivity contribution in [1.29, 1.82) is 0 Å². The van der Waals surface area contributed by atoms with Crippen LogP contribution in [0, 0.1) is 0 Å². The zero-order chi connectivity index (χ0) is 10.2. The summed E-state index contributed by atoms with van der Waals surface area (Å²) in [5.74, 6) is 0.775. The van der Waals surface area contributed by atoms with Crippen LogP contribution in [0.15, 0.2) is 11.1 Å². The van der Waals surface area contributed by atoms with Crippen LogP contribution in [-0.4, -0.2) is 22.6 Å². The van der Waals surface area contributed by atoms with Crippen LogP contribution in [0.1, 0.15) is 19.8 Å². The maximum atomic E-state index is 11.3. The predicted octanol–water partition coefficient (Wildman–Crippen LogP) is 0.743. The SMILES string of the molecule is COc1c(NC2(C)CC2)nc[nH]c1=O. The standard InChI is InChI=1S/C9H13N3O2/c1-9(3-4-9)12-7-6(14-2)8(13)11-5-10-7/h5H,3-4H2,1-2H3,(H2,10,11,12,13). The second kappa shape index (κ2) is 3.01. The fraction of sp³-hybridized carbons (Fsp3) is 0.556. The first-order valence-electron chi connectivity index (χ1n) is 4.54. The smallest absolute Gasteiger partial charge is 0.295 e. The number of H-pyrrole nitrogens is 1. The molecule has 0 aliphatic heterocycles. The minimum Gasteiger partial charge on any atom is -0.489 e. The molecule has 1 aromatic heterocycles. The van der Waals surface area contributed by atoms with Gasteiger partial charge in [0.1, 0.15) is 0 Å². The summed E-state index contributed by atoms with van der Waals surface area (Å²) < 4.78 is 4.98. The van der Waals surface area contributed by atoms with Crippen molar-refractivity contribution < 1.29 is 4.74 Å². The van der Waals surface area contributed by atoms with Gasteiger partial charge in [0.2, 0.25) is 5.75 Å². The summed E-state index contributed by atoms with van der Waals surface area (Å²) in [7, 11) is 1.46. The Morgan fingerprint density at radius 1 is 1.64 bits per heavy atom. The quantitative estimate of drug-likeness (QED) is 0.746. The maximum absolute atomic E-state index is 11.3. The van der Waals surface area contributed by atoms with Gasteiger partial charge in [-0.3, -0.25) is 4.79 Å². The van der Waals surface area contributed by atoms with Crippen molar-refractivity contribution in [2.75, 3.05) is 12.4 Å². The topological polar surface area (TPSA) is 67.0 Å². The average molecular weight is 195 g/mol. The van der Waals surface area contributed by atoms with Crippen LogP contribution in [0.3, 0.4) is 0 Å². The number of nitrogens with one attached hydrogen (secondary N) is 2. The molecule has 14 heavy (non-hydrogen) atoms. The number of methoxy groups -OCH3 is 1. The van der Waals surface area contributed by atoms with E-state index in [1.807, 2.05) is 0 Å². The molecule has 2 N–H and O–H groups in total. The summed E-state index contributed by atoms with van der Waals surface area (Å²) in [5.41, 5.74) is -0.164. The normalized spacial score (nSPS) is 17.6. The van der Waals surface area contributed by atoms with E-state index < -0.39 is 0 Å². The molecule has 0 amide bonds. The molecule has 0 saturated heterocycles. The van der Waals surface area contributed by atoms with Crippen LogP contribution < -0.4 is 15.6 Å². The molecule has 5 nitrogen and oxygen atoms in total. The summed E-state index contributed by atoms with van der Waals surface area (Å²) in [6.45, 7) is 2.09. The van der Waals surface area contributed by atoms with Gasteiger partial charge in [0, 0.05) is 5.54 Å². The Balaban J connectivity index is 2.32. The lowest BCUT2D eigenvalue weighted by atomic mass is 10.3. The maximum Gasteiger partial charge on any atom is 0.295 e. The Morgan fingerprint density at radius 3 is 2.93 bits per heavy atom. The van der Waals surface area contributed by atoms with Gasteiger partial charge in [-0.05, 0) is 19.8 Å². The number of ether oxygens (including phenoxy) is 1. The van der Waals surface area contributed by atoms with E-state index in [2.05, 4.69) is 22.2 Å². The molecule has 1 aliphatic carbocycles. The summed E-state index contributed by atoms with van der Waals surface area (Å²) in [6, 6.07) is 0. The zero-order valence-electron chi connectivity index (χ0n) is 8.26. The number of anilines is 1. The van der Waals surface area contributed by atoms with Crippen molar-refractivity contribution in [3.05, 3.63) is 16.7 Å². The van der Waals surface area contributed by atoms with Crippen molar-refractivity contribution in [3.63, 3.8) is 0 Å². The highest BCUT2D eigenvalue weighted by molar-refractivity contribution is 5.50. The van der Waals surface area contributed by atoms with E-state index in [1.54, 1.807) is 0 Å². The lowest BCUT2D eigenvalue weighted by molar-refractivity contribution is 0.407. The Labute approximate surface area is 81.5 Å². The summed E-state index contributed by atoms with van der Waals surface area (Å²) in [4.78, 5) is 17.8. The van der Waals surface area contributed by atoms with Crippen molar-refractivity contribution in [2.24, 2.45) is 0 Å². The van der Waals surface area contributed by atoms with Crippen molar-refractivity contribution >= 4 is 5.82 Å². The average Bonchev–Trinajstić information content (AvgIpc) is 2.84. The lowest BCUT2D eigenvalue weighted by Gasteiger charge is -2.13. The molecule has 1 saturated carbocycles. The molecule has 1 aromatic rings. The molecule has 1 fully saturated rings. The van der Waals surface area contributed by atoms with Gasteiger partial charge >= 0.3 is 0 Å². The molecule has 76 valence electrons. The first kappa shape index (κ1) is 9.05. The van der Waals surface area contributed by atoms with Gasteiger partial charge in [0.05, 0.1) is 13.4 Å². The van der Waals surface area contributed by atoms with Crippen molar-refractivity contribution in [1.82, 2.24) is 9.97 Å². The molecule has 2 rings (SSSR count). The number of hydrogen-bond donors (Lipinski definition) is 2. The fourth-order valence-corrected chi connectivity index (χ4v) is 1.26. The van der Waals surface area contributed by atoms with E-state index in [9.17, 15) is 4.79 Å². The van der Waals surface area contributed by atoms with Crippen LogP contribution in [0.4, 0.5) is 5.82 Å². The van der Waals surface area contributed by atoms with E-state index in [-0.39, 0.29) is 16.8 Å². The minimum atomic E-state index is -0.255. The van der Waals surface area contributed by atoms with Crippen LogP contribution in [-0.2, 0) is 0 Å². The van der Waals surface area contributed by atoms with E-state index in [1.165, 1.54) is 13.4 Å². The van der Waals surface area contributed by atoms with Gasteiger partial charge in [0.15, 0.2) is 5.82 Å². The van der Waals surface area contributed by atoms with Crippen LogP contribution >= 0.6 is 0 Å². The first-order valence-corrected chi connectivity index (χ1v) is 4.54. The van der Waals surface area contributed by atoms with Gasteiger partial charge in [-0.1, -0.05) is 0 Å². The molecule has 0 atom stereocenters. The molecule has 0 bridgehead atoms. The zero-order valence-corrected chi connectivity index (χ0v) is 8.26. The Hall–Kier alpha value is -1.52. The third-order valence-electron chi connectivity index (χ3n) is 2.43. The van der Waals surface area contributed by atoms with Crippen LogP contribution in [0.2, 0.25) is 0 Å². The number of hydrogen-bond acceptors (Lipinski definition) is 4. The molecular weight excluding hydrogens is 182 g/mol. The molecule has 1 heterocycles. The van der Waals surface area contributed by atoms with Crippen LogP contribution in [0.25, 0.3) is 0 Å².